The second-order valence-corrected chi connectivity index (χ2v) is 9.19. The van der Waals surface area contributed by atoms with Gasteiger partial charge in [-0.15, -0.1) is 0 Å². The van der Waals surface area contributed by atoms with E-state index in [1.54, 1.807) is 0 Å². The number of sulfone groups is 1. The van der Waals surface area contributed by atoms with Crippen molar-refractivity contribution in [3.8, 4) is 0 Å². The van der Waals surface area contributed by atoms with Crippen molar-refractivity contribution in [1.29, 1.82) is 0 Å². The largest absolute Gasteiger partial charge is 0.480 e. The van der Waals surface area contributed by atoms with E-state index in [-0.39, 0.29) is 24.3 Å². The Bertz CT molecular complexity index is 519. The van der Waals surface area contributed by atoms with Crippen LogP contribution >= 0.6 is 0 Å². The monoisotopic (exact) mass is 299 g/mol. The summed E-state index contributed by atoms with van der Waals surface area (Å²) in [5.74, 6) is -1.63. The van der Waals surface area contributed by atoms with Crippen LogP contribution in [0.15, 0.2) is 0 Å². The zero-order chi connectivity index (χ0) is 14.2. The van der Waals surface area contributed by atoms with Crippen molar-refractivity contribution in [3.05, 3.63) is 0 Å². The Morgan fingerprint density at radius 1 is 1.28 bits per heavy atom. The first kappa shape index (κ1) is 15.4. The predicted molar refractivity (Wildman–Crippen MR) is 65.4 cm³/mol. The van der Waals surface area contributed by atoms with Crippen LogP contribution in [-0.4, -0.2) is 50.2 Å². The van der Waals surface area contributed by atoms with Crippen LogP contribution < -0.4 is 4.72 Å². The van der Waals surface area contributed by atoms with Gasteiger partial charge in [-0.3, -0.25) is 4.79 Å². The summed E-state index contributed by atoms with van der Waals surface area (Å²) in [7, 11) is -6.98. The summed E-state index contributed by atoms with van der Waals surface area (Å²) in [5.41, 5.74) is -1.60. The lowest BCUT2D eigenvalue weighted by Crippen LogP contribution is -2.53. The molecule has 7 nitrogen and oxygen atoms in total. The molecule has 0 aromatic rings. The molecule has 0 unspecified atom stereocenters. The Morgan fingerprint density at radius 3 is 2.11 bits per heavy atom. The molecule has 0 atom stereocenters. The molecule has 2 N–H and O–H groups in total. The maximum atomic E-state index is 11.9. The SMILES string of the molecule is CC(C)(NS(=O)(=O)C1CCS(=O)(=O)CC1)C(=O)O. The lowest BCUT2D eigenvalue weighted by Gasteiger charge is -2.27. The molecule has 0 aromatic carbocycles. The van der Waals surface area contributed by atoms with Gasteiger partial charge < -0.3 is 5.11 Å². The van der Waals surface area contributed by atoms with Crippen LogP contribution in [0.1, 0.15) is 26.7 Å². The smallest absolute Gasteiger partial charge is 0.324 e. The molecule has 106 valence electrons. The Kier molecular flexibility index (Phi) is 4.09. The highest BCUT2D eigenvalue weighted by atomic mass is 32.2. The maximum Gasteiger partial charge on any atom is 0.324 e. The molecule has 0 amide bonds. The summed E-state index contributed by atoms with van der Waals surface area (Å²) in [6, 6.07) is 0. The van der Waals surface area contributed by atoms with E-state index < -0.39 is 36.6 Å². The first-order chi connectivity index (χ1) is 7.96. The number of hydrogen-bond acceptors (Lipinski definition) is 5. The number of rotatable bonds is 4. The topological polar surface area (TPSA) is 118 Å². The van der Waals surface area contributed by atoms with Gasteiger partial charge in [0.25, 0.3) is 0 Å². The van der Waals surface area contributed by atoms with Crippen LogP contribution in [0.25, 0.3) is 0 Å². The fraction of sp³-hybridized carbons (Fsp3) is 0.889. The molecule has 9 heteroatoms. The van der Waals surface area contributed by atoms with Gasteiger partial charge in [0.2, 0.25) is 10.0 Å². The molecular formula is C9H17NO6S2. The highest BCUT2D eigenvalue weighted by Gasteiger charge is 2.38. The average molecular weight is 299 g/mol. The zero-order valence-electron chi connectivity index (χ0n) is 10.2. The van der Waals surface area contributed by atoms with Crippen LogP contribution in [0.2, 0.25) is 0 Å². The van der Waals surface area contributed by atoms with Crippen LogP contribution in [0, 0.1) is 0 Å². The van der Waals surface area contributed by atoms with Gasteiger partial charge in [-0.05, 0) is 26.7 Å². The van der Waals surface area contributed by atoms with Gasteiger partial charge in [-0.25, -0.2) is 16.8 Å². The highest BCUT2D eigenvalue weighted by Crippen LogP contribution is 2.20. The van der Waals surface area contributed by atoms with Gasteiger partial charge in [0.1, 0.15) is 15.4 Å². The Hall–Kier alpha value is -0.670. The zero-order valence-corrected chi connectivity index (χ0v) is 11.8. The molecule has 1 aliphatic heterocycles. The van der Waals surface area contributed by atoms with Crippen molar-refractivity contribution in [1.82, 2.24) is 4.72 Å². The minimum Gasteiger partial charge on any atom is -0.480 e. The van der Waals surface area contributed by atoms with Crippen LogP contribution in [-0.2, 0) is 24.7 Å². The lowest BCUT2D eigenvalue weighted by molar-refractivity contribution is -0.142. The number of carboxylic acids is 1. The number of carboxylic acid groups (broad SMARTS) is 1. The predicted octanol–water partition coefficient (Wildman–Crippen LogP) is -0.654. The Labute approximate surface area is 107 Å². The molecule has 18 heavy (non-hydrogen) atoms. The number of aliphatic carboxylic acids is 1. The molecule has 0 aromatic heterocycles. The van der Waals surface area contributed by atoms with E-state index >= 15 is 0 Å². The average Bonchev–Trinajstić information content (AvgIpc) is 2.14. The standard InChI is InChI=1S/C9H17NO6S2/c1-9(2,8(11)12)10-18(15,16)7-3-5-17(13,14)6-4-7/h7,10H,3-6H2,1-2H3,(H,11,12). The van der Waals surface area contributed by atoms with E-state index in [1.807, 2.05) is 0 Å². The maximum absolute atomic E-state index is 11.9. The molecule has 1 rings (SSSR count). The molecule has 1 fully saturated rings. The van der Waals surface area contributed by atoms with Crippen molar-refractivity contribution in [2.24, 2.45) is 0 Å². The summed E-state index contributed by atoms with van der Waals surface area (Å²) in [6.07, 6.45) is 0.0146. The van der Waals surface area contributed by atoms with E-state index in [1.165, 1.54) is 13.8 Å². The third kappa shape index (κ3) is 3.66. The van der Waals surface area contributed by atoms with Gasteiger partial charge in [0.15, 0.2) is 0 Å². The van der Waals surface area contributed by atoms with Crippen molar-refractivity contribution in [3.63, 3.8) is 0 Å². The number of hydrogen-bond donors (Lipinski definition) is 2. The minimum absolute atomic E-state index is 0.00731. The Balaban J connectivity index is 2.81. The molecule has 1 aliphatic rings. The van der Waals surface area contributed by atoms with Crippen molar-refractivity contribution in [2.75, 3.05) is 11.5 Å². The summed E-state index contributed by atoms with van der Waals surface area (Å²) in [6.45, 7) is 2.49. The van der Waals surface area contributed by atoms with Crippen molar-refractivity contribution < 1.29 is 26.7 Å². The highest BCUT2D eigenvalue weighted by molar-refractivity contribution is 7.92. The lowest BCUT2D eigenvalue weighted by atomic mass is 10.1. The normalized spacial score (nSPS) is 21.7. The molecule has 1 saturated heterocycles. The van der Waals surface area contributed by atoms with Crippen molar-refractivity contribution in [2.45, 2.75) is 37.5 Å². The molecular weight excluding hydrogens is 282 g/mol. The summed E-state index contributed by atoms with van der Waals surface area (Å²) >= 11 is 0. The fourth-order valence-corrected chi connectivity index (χ4v) is 5.27. The molecule has 0 bridgehead atoms. The summed E-state index contributed by atoms with van der Waals surface area (Å²) < 4.78 is 48.4. The Morgan fingerprint density at radius 2 is 1.72 bits per heavy atom. The number of carbonyl (C=O) groups is 1. The number of nitrogens with one attached hydrogen (secondary N) is 1. The van der Waals surface area contributed by atoms with Gasteiger partial charge in [-0.1, -0.05) is 0 Å². The van der Waals surface area contributed by atoms with E-state index in [0.717, 1.165) is 0 Å². The van der Waals surface area contributed by atoms with Crippen LogP contribution in [0.3, 0.4) is 0 Å². The third-order valence-corrected chi connectivity index (χ3v) is 6.73. The molecule has 1 heterocycles. The van der Waals surface area contributed by atoms with E-state index in [2.05, 4.69) is 4.72 Å². The minimum atomic E-state index is -3.83. The van der Waals surface area contributed by atoms with Crippen molar-refractivity contribution >= 4 is 25.8 Å². The van der Waals surface area contributed by atoms with Gasteiger partial charge >= 0.3 is 5.97 Å². The summed E-state index contributed by atoms with van der Waals surface area (Å²) in [4.78, 5) is 10.9. The number of sulfonamides is 1. The van der Waals surface area contributed by atoms with Crippen LogP contribution in [0.4, 0.5) is 0 Å². The van der Waals surface area contributed by atoms with Crippen LogP contribution in [0.5, 0.6) is 0 Å². The quantitative estimate of drug-likeness (QED) is 0.712. The first-order valence-corrected chi connectivity index (χ1v) is 8.80. The van der Waals surface area contributed by atoms with Gasteiger partial charge in [0.05, 0.1) is 16.8 Å². The fourth-order valence-electron chi connectivity index (χ4n) is 1.66. The molecule has 0 aliphatic carbocycles. The van der Waals surface area contributed by atoms with Gasteiger partial charge in [-0.2, -0.15) is 4.72 Å². The van der Waals surface area contributed by atoms with E-state index in [0.29, 0.717) is 0 Å². The second-order valence-electron chi connectivity index (χ2n) is 4.93. The van der Waals surface area contributed by atoms with E-state index in [4.69, 9.17) is 5.11 Å². The molecule has 0 saturated carbocycles. The van der Waals surface area contributed by atoms with Gasteiger partial charge in [0, 0.05) is 0 Å². The second kappa shape index (κ2) is 4.78. The van der Waals surface area contributed by atoms with E-state index in [9.17, 15) is 21.6 Å². The molecule has 0 spiro atoms. The molecule has 0 radical (unpaired) electrons. The third-order valence-electron chi connectivity index (χ3n) is 2.87. The summed E-state index contributed by atoms with van der Waals surface area (Å²) in [5, 5.41) is 8.02. The first-order valence-electron chi connectivity index (χ1n) is 5.43.